The van der Waals surface area contributed by atoms with E-state index in [9.17, 15) is 4.79 Å². The Bertz CT molecular complexity index is 1770. The summed E-state index contributed by atoms with van der Waals surface area (Å²) in [6.45, 7) is 0. The number of ether oxygens (including phenoxy) is 1. The third-order valence-electron chi connectivity index (χ3n) is 4.83. The molecule has 170 valence electrons. The molecule has 0 saturated heterocycles. The molecule has 35 heavy (non-hydrogen) atoms. The highest BCUT2D eigenvalue weighted by molar-refractivity contribution is 7.98. The Morgan fingerprint density at radius 2 is 1.77 bits per heavy atom. The summed E-state index contributed by atoms with van der Waals surface area (Å²) in [7, 11) is 0. The van der Waals surface area contributed by atoms with Crippen LogP contribution < -0.4 is 10.4 Å². The fraction of sp³-hybridized carbons (Fsp3) is 0. The topological polar surface area (TPSA) is 130 Å². The third kappa shape index (κ3) is 4.29. The Morgan fingerprint density at radius 3 is 2.71 bits per heavy atom. The van der Waals surface area contributed by atoms with Crippen LogP contribution in [0.4, 0.5) is 0 Å². The summed E-state index contributed by atoms with van der Waals surface area (Å²) >= 11 is 7.03. The molecule has 0 amide bonds. The number of para-hydroxylation sites is 2. The van der Waals surface area contributed by atoms with Gasteiger partial charge in [0.1, 0.15) is 16.9 Å². The number of hydrogen-bond acceptors (Lipinski definition) is 11. The van der Waals surface area contributed by atoms with E-state index in [-0.39, 0.29) is 33.1 Å². The largest absolute Gasteiger partial charge is 0.423 e. The van der Waals surface area contributed by atoms with Gasteiger partial charge in [0, 0.05) is 28.7 Å². The molecule has 6 rings (SSSR count). The maximum atomic E-state index is 12.4. The van der Waals surface area contributed by atoms with Crippen molar-refractivity contribution in [2.45, 2.75) is 10.4 Å². The van der Waals surface area contributed by atoms with Gasteiger partial charge in [-0.1, -0.05) is 30.3 Å². The summed E-state index contributed by atoms with van der Waals surface area (Å²) < 4.78 is 16.8. The summed E-state index contributed by atoms with van der Waals surface area (Å²) in [5, 5.41) is 9.62. The number of fused-ring (bicyclic) bond motifs is 2. The van der Waals surface area contributed by atoms with Crippen LogP contribution in [0.25, 0.3) is 33.3 Å². The monoisotopic (exact) mass is 502 g/mol. The lowest BCUT2D eigenvalue weighted by Gasteiger charge is -2.07. The van der Waals surface area contributed by atoms with Crippen LogP contribution in [0.1, 0.15) is 0 Å². The van der Waals surface area contributed by atoms with Crippen molar-refractivity contribution in [1.82, 2.24) is 30.1 Å². The van der Waals surface area contributed by atoms with E-state index in [0.29, 0.717) is 11.3 Å². The molecule has 0 atom stereocenters. The molecule has 0 aliphatic heterocycles. The van der Waals surface area contributed by atoms with Crippen LogP contribution >= 0.6 is 23.4 Å². The Balaban J connectivity index is 1.28. The number of rotatable bonds is 5. The summed E-state index contributed by atoms with van der Waals surface area (Å²) in [5.74, 6) is 0.517. The van der Waals surface area contributed by atoms with Crippen LogP contribution in [-0.4, -0.2) is 30.1 Å². The molecule has 4 heterocycles. The normalized spacial score (nSPS) is 11.2. The van der Waals surface area contributed by atoms with E-state index in [1.54, 1.807) is 30.5 Å². The molecule has 4 aromatic heterocycles. The molecule has 0 aliphatic carbocycles. The van der Waals surface area contributed by atoms with Gasteiger partial charge < -0.3 is 13.6 Å². The van der Waals surface area contributed by atoms with Gasteiger partial charge >= 0.3 is 11.6 Å². The molecule has 0 radical (unpaired) electrons. The van der Waals surface area contributed by atoms with Crippen LogP contribution in [-0.2, 0) is 0 Å². The number of benzene rings is 2. The van der Waals surface area contributed by atoms with Crippen molar-refractivity contribution in [3.05, 3.63) is 82.6 Å². The lowest BCUT2D eigenvalue weighted by Crippen LogP contribution is -2.02. The Labute approximate surface area is 205 Å². The molecule has 0 aliphatic rings. The highest BCUT2D eigenvalue weighted by atomic mass is 35.5. The van der Waals surface area contributed by atoms with Crippen LogP contribution in [0, 0.1) is 0 Å². The smallest absolute Gasteiger partial charge is 0.349 e. The lowest BCUT2D eigenvalue weighted by atomic mass is 10.2. The Kier molecular flexibility index (Phi) is 5.32. The second-order valence-electron chi connectivity index (χ2n) is 7.06. The van der Waals surface area contributed by atoms with Crippen LogP contribution in [0.3, 0.4) is 0 Å². The van der Waals surface area contributed by atoms with E-state index in [0.717, 1.165) is 28.1 Å². The first kappa shape index (κ1) is 21.2. The van der Waals surface area contributed by atoms with E-state index >= 15 is 0 Å². The molecule has 0 unspecified atom stereocenters. The second kappa shape index (κ2) is 8.78. The van der Waals surface area contributed by atoms with Crippen molar-refractivity contribution in [3.8, 4) is 23.2 Å². The highest BCUT2D eigenvalue weighted by Gasteiger charge is 2.18. The quantitative estimate of drug-likeness (QED) is 0.289. The lowest BCUT2D eigenvalue weighted by molar-refractivity contribution is 0.435. The molecule has 12 heteroatoms. The predicted octanol–water partition coefficient (Wildman–Crippen LogP) is 5.17. The number of pyridine rings is 1. The van der Waals surface area contributed by atoms with Gasteiger partial charge in [-0.15, -0.1) is 10.2 Å². The molecule has 0 saturated carbocycles. The fourth-order valence-corrected chi connectivity index (χ4v) is 4.13. The third-order valence-corrected chi connectivity index (χ3v) is 5.71. The molecular formula is C23H11ClN6O4S. The maximum absolute atomic E-state index is 12.4. The summed E-state index contributed by atoms with van der Waals surface area (Å²) in [6, 6.07) is 18.0. The minimum atomic E-state index is -0.590. The molecule has 0 fully saturated rings. The summed E-state index contributed by atoms with van der Waals surface area (Å²) in [6.07, 6.45) is 1.62. The zero-order valence-corrected chi connectivity index (χ0v) is 19.0. The number of hydrogen-bond donors (Lipinski definition) is 0. The molecule has 6 aromatic rings. The van der Waals surface area contributed by atoms with Gasteiger partial charge in [-0.3, -0.25) is 4.98 Å². The van der Waals surface area contributed by atoms with Gasteiger partial charge in [-0.2, -0.15) is 15.0 Å². The van der Waals surface area contributed by atoms with Crippen molar-refractivity contribution < 1.29 is 13.6 Å². The fourth-order valence-electron chi connectivity index (χ4n) is 3.31. The van der Waals surface area contributed by atoms with Gasteiger partial charge in [-0.25, -0.2) is 4.79 Å². The Hall–Kier alpha value is -4.35. The van der Waals surface area contributed by atoms with Crippen LogP contribution in [0.15, 0.2) is 90.9 Å². The number of halogens is 1. The molecule has 0 spiro atoms. The van der Waals surface area contributed by atoms with Crippen molar-refractivity contribution >= 4 is 45.2 Å². The van der Waals surface area contributed by atoms with Gasteiger partial charge in [-0.05, 0) is 41.9 Å². The molecule has 0 N–H and O–H groups in total. The van der Waals surface area contributed by atoms with Gasteiger partial charge in [0.2, 0.25) is 10.4 Å². The van der Waals surface area contributed by atoms with Crippen molar-refractivity contribution in [2.75, 3.05) is 0 Å². The second-order valence-corrected chi connectivity index (χ2v) is 8.32. The Morgan fingerprint density at radius 1 is 0.914 bits per heavy atom. The first-order chi connectivity index (χ1) is 17.1. The number of aromatic nitrogens is 6. The standard InChI is InChI=1S/C23H11ClN6O4S/c24-20-26-21(33-17-9-10-25-15-7-3-2-6-13(15)17)28-22(27-20)35-23-30-29-18(34-23)14-11-12-5-1-4-8-16(12)32-19(14)31/h1-11H. The van der Waals surface area contributed by atoms with Gasteiger partial charge in [0.15, 0.2) is 0 Å². The molecule has 10 nitrogen and oxygen atoms in total. The first-order valence-corrected chi connectivity index (χ1v) is 11.3. The van der Waals surface area contributed by atoms with E-state index in [4.69, 9.17) is 25.2 Å². The van der Waals surface area contributed by atoms with Gasteiger partial charge in [0.25, 0.3) is 11.1 Å². The van der Waals surface area contributed by atoms with E-state index in [1.165, 1.54) is 0 Å². The molecule has 2 aromatic carbocycles. The van der Waals surface area contributed by atoms with Crippen LogP contribution in [0.5, 0.6) is 11.8 Å². The zero-order valence-electron chi connectivity index (χ0n) is 17.5. The van der Waals surface area contributed by atoms with Crippen molar-refractivity contribution in [1.29, 1.82) is 0 Å². The van der Waals surface area contributed by atoms with E-state index < -0.39 is 5.63 Å². The highest BCUT2D eigenvalue weighted by Crippen LogP contribution is 2.31. The average molecular weight is 503 g/mol. The maximum Gasteiger partial charge on any atom is 0.349 e. The molecule has 0 bridgehead atoms. The minimum absolute atomic E-state index is 0.00637. The van der Waals surface area contributed by atoms with E-state index in [2.05, 4.69) is 30.1 Å². The number of nitrogens with zero attached hydrogens (tertiary/aromatic N) is 6. The zero-order chi connectivity index (χ0) is 23.8. The molecular weight excluding hydrogens is 492 g/mol. The average Bonchev–Trinajstić information content (AvgIpc) is 3.31. The van der Waals surface area contributed by atoms with E-state index in [1.807, 2.05) is 36.4 Å². The van der Waals surface area contributed by atoms with Crippen molar-refractivity contribution in [2.24, 2.45) is 0 Å². The van der Waals surface area contributed by atoms with Crippen LogP contribution in [0.2, 0.25) is 5.28 Å². The predicted molar refractivity (Wildman–Crippen MR) is 127 cm³/mol. The minimum Gasteiger partial charge on any atom is -0.423 e. The summed E-state index contributed by atoms with van der Waals surface area (Å²) in [5.41, 5.74) is 0.777. The van der Waals surface area contributed by atoms with Crippen molar-refractivity contribution in [3.63, 3.8) is 0 Å². The summed E-state index contributed by atoms with van der Waals surface area (Å²) in [4.78, 5) is 29.1. The van der Waals surface area contributed by atoms with Gasteiger partial charge in [0.05, 0.1) is 5.52 Å². The SMILES string of the molecule is O=c1oc2ccccc2cc1-c1nnc(Sc2nc(Cl)nc(Oc3ccnc4ccccc34)n2)o1. The first-order valence-electron chi connectivity index (χ1n) is 10.1.